The van der Waals surface area contributed by atoms with Gasteiger partial charge in [0.25, 0.3) is 0 Å². The van der Waals surface area contributed by atoms with Gasteiger partial charge in [0, 0.05) is 0 Å². The molecule has 1 aliphatic carbocycles. The summed E-state index contributed by atoms with van der Waals surface area (Å²) in [7, 11) is 0. The van der Waals surface area contributed by atoms with Crippen molar-refractivity contribution in [2.45, 2.75) is 25.2 Å². The molecular formula is C24H18F2. The summed E-state index contributed by atoms with van der Waals surface area (Å²) in [6.07, 6.45) is 2.50. The van der Waals surface area contributed by atoms with Crippen LogP contribution in [0.5, 0.6) is 0 Å². The average Bonchev–Trinajstić information content (AvgIpc) is 2.69. The van der Waals surface area contributed by atoms with E-state index in [1.54, 1.807) is 0 Å². The molecule has 0 spiro atoms. The van der Waals surface area contributed by atoms with Crippen molar-refractivity contribution in [3.8, 4) is 0 Å². The molecule has 0 fully saturated rings. The van der Waals surface area contributed by atoms with E-state index in [0.29, 0.717) is 5.56 Å². The van der Waals surface area contributed by atoms with Crippen LogP contribution in [0, 0.1) is 11.6 Å². The number of hydrogen-bond donors (Lipinski definition) is 0. The van der Waals surface area contributed by atoms with Crippen molar-refractivity contribution < 1.29 is 8.78 Å². The van der Waals surface area contributed by atoms with Crippen molar-refractivity contribution in [3.05, 3.63) is 95.1 Å². The minimum atomic E-state index is -0.364. The zero-order chi connectivity index (χ0) is 17.7. The van der Waals surface area contributed by atoms with Gasteiger partial charge in [-0.15, -0.1) is 0 Å². The molecule has 0 aromatic heterocycles. The van der Waals surface area contributed by atoms with E-state index in [0.717, 1.165) is 19.3 Å². The van der Waals surface area contributed by atoms with Crippen LogP contribution in [0.4, 0.5) is 8.78 Å². The van der Waals surface area contributed by atoms with Gasteiger partial charge in [0.1, 0.15) is 11.6 Å². The summed E-state index contributed by atoms with van der Waals surface area (Å²) in [5, 5.41) is 5.08. The first-order valence-electron chi connectivity index (χ1n) is 9.08. The quantitative estimate of drug-likeness (QED) is 0.344. The minimum absolute atomic E-state index is 0.0381. The predicted molar refractivity (Wildman–Crippen MR) is 103 cm³/mol. The molecule has 0 unspecified atom stereocenters. The van der Waals surface area contributed by atoms with Gasteiger partial charge in [0.2, 0.25) is 0 Å². The van der Waals surface area contributed by atoms with Crippen molar-refractivity contribution in [1.82, 2.24) is 0 Å². The van der Waals surface area contributed by atoms with E-state index in [4.69, 9.17) is 0 Å². The smallest absolute Gasteiger partial charge is 0.126 e. The summed E-state index contributed by atoms with van der Waals surface area (Å²) >= 11 is 0. The molecule has 26 heavy (non-hydrogen) atoms. The topological polar surface area (TPSA) is 0 Å². The zero-order valence-electron chi connectivity index (χ0n) is 14.3. The van der Waals surface area contributed by atoms with Gasteiger partial charge in [-0.05, 0) is 81.6 Å². The summed E-state index contributed by atoms with van der Waals surface area (Å²) in [5.41, 5.74) is 3.13. The van der Waals surface area contributed by atoms with E-state index in [1.165, 1.54) is 50.9 Å². The second-order valence-electron chi connectivity index (χ2n) is 7.19. The Balaban J connectivity index is 1.61. The second-order valence-corrected chi connectivity index (χ2v) is 7.19. The van der Waals surface area contributed by atoms with Gasteiger partial charge in [-0.2, -0.15) is 0 Å². The van der Waals surface area contributed by atoms with E-state index < -0.39 is 0 Å². The van der Waals surface area contributed by atoms with E-state index in [2.05, 4.69) is 48.5 Å². The van der Waals surface area contributed by atoms with Gasteiger partial charge in [0.05, 0.1) is 0 Å². The molecule has 0 radical (unpaired) electrons. The van der Waals surface area contributed by atoms with Gasteiger partial charge in [-0.1, -0.05) is 48.5 Å². The van der Waals surface area contributed by atoms with Crippen LogP contribution in [0.25, 0.3) is 21.5 Å². The van der Waals surface area contributed by atoms with Crippen LogP contribution >= 0.6 is 0 Å². The maximum absolute atomic E-state index is 14.2. The molecule has 4 aromatic carbocycles. The van der Waals surface area contributed by atoms with Gasteiger partial charge in [-0.25, -0.2) is 8.78 Å². The molecule has 4 aromatic rings. The highest BCUT2D eigenvalue weighted by Gasteiger charge is 2.24. The summed E-state index contributed by atoms with van der Waals surface area (Å²) < 4.78 is 27.8. The molecule has 0 saturated carbocycles. The van der Waals surface area contributed by atoms with Crippen LogP contribution in [0.3, 0.4) is 0 Å². The summed E-state index contributed by atoms with van der Waals surface area (Å²) in [5.74, 6) is -0.625. The Labute approximate surface area is 151 Å². The molecule has 0 nitrogen and oxygen atoms in total. The maximum Gasteiger partial charge on any atom is 0.126 e. The van der Waals surface area contributed by atoms with Crippen LogP contribution in [0.15, 0.2) is 66.7 Å². The summed E-state index contributed by atoms with van der Waals surface area (Å²) in [6.45, 7) is 0. The van der Waals surface area contributed by atoms with Gasteiger partial charge >= 0.3 is 0 Å². The Morgan fingerprint density at radius 1 is 0.769 bits per heavy atom. The van der Waals surface area contributed by atoms with E-state index in [-0.39, 0.29) is 17.6 Å². The van der Waals surface area contributed by atoms with Crippen molar-refractivity contribution in [3.63, 3.8) is 0 Å². The first-order valence-corrected chi connectivity index (χ1v) is 9.08. The standard InChI is InChI=1S/C24H18F2/c25-18-8-12-24(26)23(14-18)17-6-9-20-16(13-17)7-11-21-19-4-2-1-3-15(19)5-10-22(20)21/h1-5,7-8,10-12,14,17H,6,9,13H2/t17-/m1/s1. The fourth-order valence-corrected chi connectivity index (χ4v) is 4.46. The number of aryl methyl sites for hydroxylation is 1. The highest BCUT2D eigenvalue weighted by atomic mass is 19.1. The van der Waals surface area contributed by atoms with Crippen molar-refractivity contribution >= 4 is 21.5 Å². The van der Waals surface area contributed by atoms with E-state index in [9.17, 15) is 8.78 Å². The van der Waals surface area contributed by atoms with Crippen molar-refractivity contribution in [1.29, 1.82) is 0 Å². The van der Waals surface area contributed by atoms with Crippen LogP contribution in [0.2, 0.25) is 0 Å². The highest BCUT2D eigenvalue weighted by Crippen LogP contribution is 2.38. The summed E-state index contributed by atoms with van der Waals surface area (Å²) in [6, 6.07) is 21.0. The molecular weight excluding hydrogens is 326 g/mol. The monoisotopic (exact) mass is 344 g/mol. The molecule has 128 valence electrons. The Hall–Kier alpha value is -2.74. The predicted octanol–water partition coefficient (Wildman–Crippen LogP) is 6.54. The fourth-order valence-electron chi connectivity index (χ4n) is 4.46. The third-order valence-electron chi connectivity index (χ3n) is 5.74. The Morgan fingerprint density at radius 3 is 2.54 bits per heavy atom. The number of fused-ring (bicyclic) bond motifs is 5. The van der Waals surface area contributed by atoms with Crippen LogP contribution < -0.4 is 0 Å². The molecule has 0 heterocycles. The normalized spacial score (nSPS) is 16.8. The molecule has 0 saturated heterocycles. The number of rotatable bonds is 1. The van der Waals surface area contributed by atoms with Gasteiger partial charge < -0.3 is 0 Å². The minimum Gasteiger partial charge on any atom is -0.207 e. The second kappa shape index (κ2) is 5.91. The lowest BCUT2D eigenvalue weighted by molar-refractivity contribution is 0.525. The largest absolute Gasteiger partial charge is 0.207 e. The first-order chi connectivity index (χ1) is 12.7. The zero-order valence-corrected chi connectivity index (χ0v) is 14.3. The number of benzene rings is 4. The molecule has 0 N–H and O–H groups in total. The SMILES string of the molecule is Fc1ccc(F)c([C@@H]2CCc3c(ccc4c3ccc3ccccc34)C2)c1. The number of hydrogen-bond acceptors (Lipinski definition) is 0. The third kappa shape index (κ3) is 2.40. The molecule has 5 rings (SSSR count). The highest BCUT2D eigenvalue weighted by molar-refractivity contribution is 6.08. The molecule has 0 aliphatic heterocycles. The molecule has 0 amide bonds. The van der Waals surface area contributed by atoms with Gasteiger partial charge in [0.15, 0.2) is 0 Å². The Morgan fingerprint density at radius 2 is 1.62 bits per heavy atom. The third-order valence-corrected chi connectivity index (χ3v) is 5.74. The number of halogens is 2. The van der Waals surface area contributed by atoms with Crippen molar-refractivity contribution in [2.75, 3.05) is 0 Å². The summed E-state index contributed by atoms with van der Waals surface area (Å²) in [4.78, 5) is 0. The molecule has 1 aliphatic rings. The van der Waals surface area contributed by atoms with Gasteiger partial charge in [-0.3, -0.25) is 0 Å². The molecule has 0 bridgehead atoms. The van der Waals surface area contributed by atoms with E-state index >= 15 is 0 Å². The maximum atomic E-state index is 14.2. The molecule has 2 heteroatoms. The lowest BCUT2D eigenvalue weighted by Gasteiger charge is -2.27. The fraction of sp³-hybridized carbons (Fsp3) is 0.167. The lowest BCUT2D eigenvalue weighted by Crippen LogP contribution is -2.14. The van der Waals surface area contributed by atoms with Crippen LogP contribution in [0.1, 0.15) is 29.0 Å². The van der Waals surface area contributed by atoms with Crippen LogP contribution in [-0.2, 0) is 12.8 Å². The average molecular weight is 344 g/mol. The van der Waals surface area contributed by atoms with Crippen LogP contribution in [-0.4, -0.2) is 0 Å². The van der Waals surface area contributed by atoms with Crippen molar-refractivity contribution in [2.24, 2.45) is 0 Å². The first kappa shape index (κ1) is 15.5. The lowest BCUT2D eigenvalue weighted by atomic mass is 9.78. The Kier molecular flexibility index (Phi) is 3.53. The van der Waals surface area contributed by atoms with E-state index in [1.807, 2.05) is 0 Å². The molecule has 1 atom stereocenters. The Bertz CT molecular complexity index is 1140.